The number of ether oxygens (including phenoxy) is 2. The van der Waals surface area contributed by atoms with Crippen molar-refractivity contribution in [2.24, 2.45) is 52.8 Å². The third kappa shape index (κ3) is 4.03. The highest BCUT2D eigenvalue weighted by Crippen LogP contribution is 2.61. The Hall–Kier alpha value is -0.500. The molecule has 33 heavy (non-hydrogen) atoms. The molecule has 0 aromatic rings. The first-order valence-corrected chi connectivity index (χ1v) is 12.7. The zero-order valence-corrected chi connectivity index (χ0v) is 19.5. The van der Waals surface area contributed by atoms with Crippen LogP contribution in [0.2, 0.25) is 0 Å². The number of halogens is 6. The van der Waals surface area contributed by atoms with Gasteiger partial charge in [0.2, 0.25) is 0 Å². The summed E-state index contributed by atoms with van der Waals surface area (Å²) in [4.78, 5) is 0. The number of hydrogen-bond acceptors (Lipinski definition) is 2. The Balaban J connectivity index is 1.27. The molecule has 6 aliphatic carbocycles. The normalized spacial score (nSPS) is 44.7. The van der Waals surface area contributed by atoms with Crippen molar-refractivity contribution in [2.45, 2.75) is 89.6 Å². The fraction of sp³-hybridized carbons (Fsp3) is 1.00. The predicted octanol–water partition coefficient (Wildman–Crippen LogP) is 7.38. The van der Waals surface area contributed by atoms with Gasteiger partial charge in [0.1, 0.15) is 6.79 Å². The highest BCUT2D eigenvalue weighted by Gasteiger charge is 2.73. The first-order chi connectivity index (χ1) is 15.3. The number of fused-ring (bicyclic) bond motifs is 2. The molecule has 6 saturated carbocycles. The summed E-state index contributed by atoms with van der Waals surface area (Å²) in [7, 11) is 0. The summed E-state index contributed by atoms with van der Waals surface area (Å²) in [6.45, 7) is 3.25. The van der Waals surface area contributed by atoms with Crippen LogP contribution < -0.4 is 0 Å². The lowest BCUT2D eigenvalue weighted by molar-refractivity contribution is -0.399. The fourth-order valence-corrected chi connectivity index (χ4v) is 9.18. The minimum Gasteiger partial charge on any atom is -0.355 e. The molecular formula is C25H36F6O2. The Morgan fingerprint density at radius 1 is 0.758 bits per heavy atom. The van der Waals surface area contributed by atoms with Crippen molar-refractivity contribution >= 4 is 0 Å². The first kappa shape index (κ1) is 24.2. The molecule has 0 aromatic heterocycles. The summed E-state index contributed by atoms with van der Waals surface area (Å²) in [5.74, 6) is 1.86. The van der Waals surface area contributed by atoms with E-state index in [-0.39, 0.29) is 29.8 Å². The summed E-state index contributed by atoms with van der Waals surface area (Å²) in [5.41, 5.74) is -4.26. The lowest BCUT2D eigenvalue weighted by atomic mass is 9.50. The van der Waals surface area contributed by atoms with Crippen LogP contribution in [0.5, 0.6) is 0 Å². The molecule has 0 radical (unpaired) electrons. The van der Waals surface area contributed by atoms with E-state index in [1.165, 1.54) is 19.3 Å². The lowest BCUT2D eigenvalue weighted by Gasteiger charge is -2.56. The van der Waals surface area contributed by atoms with Crippen LogP contribution >= 0.6 is 0 Å². The van der Waals surface area contributed by atoms with Gasteiger partial charge in [0.25, 0.3) is 5.60 Å². The molecule has 6 bridgehead atoms. The van der Waals surface area contributed by atoms with Gasteiger partial charge in [0.05, 0.1) is 6.61 Å². The van der Waals surface area contributed by atoms with Crippen LogP contribution in [0.3, 0.4) is 0 Å². The molecule has 0 spiro atoms. The molecule has 0 saturated heterocycles. The zero-order chi connectivity index (χ0) is 23.8. The van der Waals surface area contributed by atoms with Crippen LogP contribution in [0.4, 0.5) is 26.3 Å². The van der Waals surface area contributed by atoms with E-state index in [0.29, 0.717) is 30.1 Å². The second-order valence-electron chi connectivity index (χ2n) is 12.4. The van der Waals surface area contributed by atoms with Crippen molar-refractivity contribution in [3.63, 3.8) is 0 Å². The molecule has 6 aliphatic rings. The molecule has 6 rings (SSSR count). The van der Waals surface area contributed by atoms with E-state index in [0.717, 1.165) is 25.7 Å². The van der Waals surface area contributed by atoms with Crippen LogP contribution in [0.15, 0.2) is 0 Å². The van der Waals surface area contributed by atoms with Crippen molar-refractivity contribution < 1.29 is 35.8 Å². The van der Waals surface area contributed by atoms with Gasteiger partial charge >= 0.3 is 12.4 Å². The Morgan fingerprint density at radius 3 is 1.76 bits per heavy atom. The molecule has 0 aliphatic heterocycles. The van der Waals surface area contributed by atoms with Gasteiger partial charge in [-0.1, -0.05) is 13.8 Å². The number of rotatable bonds is 7. The van der Waals surface area contributed by atoms with E-state index in [1.54, 1.807) is 0 Å². The van der Waals surface area contributed by atoms with Gasteiger partial charge in [0, 0.05) is 0 Å². The van der Waals surface area contributed by atoms with Crippen LogP contribution in [0.1, 0.15) is 71.6 Å². The molecule has 5 unspecified atom stereocenters. The van der Waals surface area contributed by atoms with Gasteiger partial charge in [-0.2, -0.15) is 26.3 Å². The van der Waals surface area contributed by atoms with E-state index >= 15 is 0 Å². The first-order valence-electron chi connectivity index (χ1n) is 12.7. The topological polar surface area (TPSA) is 18.5 Å². The zero-order valence-electron chi connectivity index (χ0n) is 19.5. The minimum atomic E-state index is -5.55. The summed E-state index contributed by atoms with van der Waals surface area (Å²) >= 11 is 0. The van der Waals surface area contributed by atoms with Gasteiger partial charge in [-0.15, -0.1) is 0 Å². The summed E-state index contributed by atoms with van der Waals surface area (Å²) in [6.07, 6.45) is -4.46. The van der Waals surface area contributed by atoms with Crippen molar-refractivity contribution in [1.29, 1.82) is 0 Å². The van der Waals surface area contributed by atoms with Crippen molar-refractivity contribution in [3.8, 4) is 0 Å². The smallest absolute Gasteiger partial charge is 0.355 e. The van der Waals surface area contributed by atoms with Crippen LogP contribution in [0.25, 0.3) is 0 Å². The third-order valence-electron chi connectivity index (χ3n) is 10.5. The molecule has 6 fully saturated rings. The molecule has 190 valence electrons. The Bertz CT molecular complexity index is 680. The van der Waals surface area contributed by atoms with Gasteiger partial charge in [-0.05, 0) is 111 Å². The summed E-state index contributed by atoms with van der Waals surface area (Å²) in [5, 5.41) is 0. The molecule has 0 N–H and O–H groups in total. The Kier molecular flexibility index (Phi) is 5.87. The van der Waals surface area contributed by atoms with E-state index in [9.17, 15) is 26.3 Å². The van der Waals surface area contributed by atoms with E-state index in [4.69, 9.17) is 9.47 Å². The van der Waals surface area contributed by atoms with E-state index in [1.807, 2.05) is 6.92 Å². The highest BCUT2D eigenvalue weighted by atomic mass is 19.4. The monoisotopic (exact) mass is 482 g/mol. The maximum atomic E-state index is 14.1. The van der Waals surface area contributed by atoms with Gasteiger partial charge in [-0.25, -0.2) is 0 Å². The summed E-state index contributed by atoms with van der Waals surface area (Å²) < 4.78 is 94.8. The standard InChI is InChI=1S/C25H36F6O2/c1-14-15(2)21-7-19(14)6-20(21)11-23(24(26,27)28,25(29,30)31)33-13-32-12-22-8-16-3-17(9-22)5-18(4-16)10-22/h14-21H,3-13H2,1-2H3. The molecule has 5 atom stereocenters. The van der Waals surface area contributed by atoms with Gasteiger partial charge in [0.15, 0.2) is 0 Å². The quantitative estimate of drug-likeness (QED) is 0.214. The fourth-order valence-electron chi connectivity index (χ4n) is 9.18. The number of hydrogen-bond donors (Lipinski definition) is 0. The van der Waals surface area contributed by atoms with Crippen molar-refractivity contribution in [3.05, 3.63) is 0 Å². The molecular weight excluding hydrogens is 446 g/mol. The maximum absolute atomic E-state index is 14.1. The largest absolute Gasteiger partial charge is 0.426 e. The van der Waals surface area contributed by atoms with Crippen LogP contribution in [-0.4, -0.2) is 31.4 Å². The second-order valence-corrected chi connectivity index (χ2v) is 12.4. The average Bonchev–Trinajstić information content (AvgIpc) is 3.20. The predicted molar refractivity (Wildman–Crippen MR) is 110 cm³/mol. The van der Waals surface area contributed by atoms with E-state index in [2.05, 4.69) is 6.92 Å². The third-order valence-corrected chi connectivity index (χ3v) is 10.5. The molecule has 0 aromatic carbocycles. The van der Waals surface area contributed by atoms with Crippen LogP contribution in [0, 0.1) is 52.8 Å². The molecule has 8 heteroatoms. The van der Waals surface area contributed by atoms with Crippen molar-refractivity contribution in [2.75, 3.05) is 13.4 Å². The molecule has 0 amide bonds. The number of alkyl halides is 6. The summed E-state index contributed by atoms with van der Waals surface area (Å²) in [6, 6.07) is 0. The highest BCUT2D eigenvalue weighted by molar-refractivity contribution is 5.05. The minimum absolute atomic E-state index is 0.0899. The maximum Gasteiger partial charge on any atom is 0.426 e. The molecule has 2 nitrogen and oxygen atoms in total. The Labute approximate surface area is 192 Å². The van der Waals surface area contributed by atoms with E-state index < -0.39 is 37.1 Å². The average molecular weight is 483 g/mol. The molecule has 0 heterocycles. The second kappa shape index (κ2) is 8.01. The van der Waals surface area contributed by atoms with Gasteiger partial charge in [-0.3, -0.25) is 0 Å². The SMILES string of the molecule is CC1C2CC(CC(OCOCC34CC5CC(CC(C5)C3)C4)(C(F)(F)F)C(F)(F)F)C(C2)C1C. The van der Waals surface area contributed by atoms with Crippen molar-refractivity contribution in [1.82, 2.24) is 0 Å². The Morgan fingerprint density at radius 2 is 1.30 bits per heavy atom. The lowest BCUT2D eigenvalue weighted by Crippen LogP contribution is -2.60. The van der Waals surface area contributed by atoms with Gasteiger partial charge < -0.3 is 9.47 Å². The van der Waals surface area contributed by atoms with Crippen LogP contribution in [-0.2, 0) is 9.47 Å².